The lowest BCUT2D eigenvalue weighted by Crippen LogP contribution is -2.34. The second-order valence-electron chi connectivity index (χ2n) is 5.95. The summed E-state index contributed by atoms with van der Waals surface area (Å²) in [5.41, 5.74) is 3.37. The summed E-state index contributed by atoms with van der Waals surface area (Å²) in [5, 5.41) is 3.28. The Bertz CT molecular complexity index is 655. The zero-order valence-electron chi connectivity index (χ0n) is 12.9. The van der Waals surface area contributed by atoms with Crippen LogP contribution in [0.5, 0.6) is 0 Å². The molecule has 1 aliphatic heterocycles. The van der Waals surface area contributed by atoms with Gasteiger partial charge in [-0.25, -0.2) is 9.97 Å². The lowest BCUT2D eigenvalue weighted by molar-refractivity contribution is -0.0819. The van der Waals surface area contributed by atoms with E-state index in [4.69, 9.17) is 14.5 Å². The highest BCUT2D eigenvalue weighted by atomic mass is 16.6. The smallest absolute Gasteiger partial charge is 0.222 e. The molecule has 0 bridgehead atoms. The lowest BCUT2D eigenvalue weighted by atomic mass is 10.0. The Kier molecular flexibility index (Phi) is 4.17. The lowest BCUT2D eigenvalue weighted by Gasteiger charge is -2.23. The minimum Gasteiger partial charge on any atom is -0.376 e. The van der Waals surface area contributed by atoms with Crippen LogP contribution in [0.4, 0.5) is 5.95 Å². The van der Waals surface area contributed by atoms with Crippen LogP contribution in [0.15, 0.2) is 30.7 Å². The Morgan fingerprint density at radius 1 is 1.17 bits per heavy atom. The topological polar surface area (TPSA) is 69.2 Å². The van der Waals surface area contributed by atoms with Crippen LogP contribution in [0, 0.1) is 0 Å². The largest absolute Gasteiger partial charge is 0.376 e. The zero-order chi connectivity index (χ0) is 15.5. The third-order valence-corrected chi connectivity index (χ3v) is 4.15. The van der Waals surface area contributed by atoms with E-state index in [9.17, 15) is 0 Å². The number of pyridine rings is 1. The maximum atomic E-state index is 5.63. The predicted octanol–water partition coefficient (Wildman–Crippen LogP) is 2.24. The molecule has 4 rings (SSSR count). The van der Waals surface area contributed by atoms with Crippen molar-refractivity contribution in [3.63, 3.8) is 0 Å². The van der Waals surface area contributed by atoms with E-state index in [0.717, 1.165) is 16.8 Å². The number of rotatable bonds is 5. The summed E-state index contributed by atoms with van der Waals surface area (Å²) in [6, 6.07) is 4.01. The van der Waals surface area contributed by atoms with Crippen LogP contribution in [0.3, 0.4) is 0 Å². The summed E-state index contributed by atoms with van der Waals surface area (Å²) in [4.78, 5) is 13.3. The SMILES string of the molecule is c1cc(-c2cnc(NC[C@H]3COCCO3)nc2C2CC2)ccn1. The summed E-state index contributed by atoms with van der Waals surface area (Å²) < 4.78 is 11.0. The molecule has 3 heterocycles. The average molecular weight is 312 g/mol. The van der Waals surface area contributed by atoms with Gasteiger partial charge in [0.05, 0.1) is 31.6 Å². The van der Waals surface area contributed by atoms with Crippen molar-refractivity contribution in [1.29, 1.82) is 0 Å². The van der Waals surface area contributed by atoms with Gasteiger partial charge in [-0.05, 0) is 30.5 Å². The summed E-state index contributed by atoms with van der Waals surface area (Å²) >= 11 is 0. The molecule has 120 valence electrons. The van der Waals surface area contributed by atoms with Crippen LogP contribution in [0.1, 0.15) is 24.5 Å². The average Bonchev–Trinajstić information content (AvgIpc) is 3.46. The van der Waals surface area contributed by atoms with Crippen LogP contribution in [-0.2, 0) is 9.47 Å². The maximum absolute atomic E-state index is 5.63. The van der Waals surface area contributed by atoms with Crippen molar-refractivity contribution in [3.8, 4) is 11.1 Å². The molecule has 1 atom stereocenters. The van der Waals surface area contributed by atoms with Gasteiger partial charge in [0.25, 0.3) is 0 Å². The zero-order valence-corrected chi connectivity index (χ0v) is 12.9. The molecule has 2 aliphatic rings. The van der Waals surface area contributed by atoms with Gasteiger partial charge >= 0.3 is 0 Å². The van der Waals surface area contributed by atoms with Crippen LogP contribution < -0.4 is 5.32 Å². The van der Waals surface area contributed by atoms with Gasteiger partial charge < -0.3 is 14.8 Å². The van der Waals surface area contributed by atoms with Gasteiger partial charge in [-0.3, -0.25) is 4.98 Å². The van der Waals surface area contributed by atoms with Crippen LogP contribution in [0.25, 0.3) is 11.1 Å². The molecule has 0 aromatic carbocycles. The van der Waals surface area contributed by atoms with Crippen LogP contribution >= 0.6 is 0 Å². The minimum atomic E-state index is 0.0663. The second-order valence-corrected chi connectivity index (χ2v) is 5.95. The van der Waals surface area contributed by atoms with Crippen molar-refractivity contribution < 1.29 is 9.47 Å². The minimum absolute atomic E-state index is 0.0663. The van der Waals surface area contributed by atoms with E-state index in [0.29, 0.717) is 38.2 Å². The van der Waals surface area contributed by atoms with E-state index >= 15 is 0 Å². The molecule has 1 saturated heterocycles. The van der Waals surface area contributed by atoms with Gasteiger partial charge in [0.15, 0.2) is 0 Å². The molecule has 2 aromatic rings. The van der Waals surface area contributed by atoms with Crippen molar-refractivity contribution in [2.24, 2.45) is 0 Å². The first-order valence-corrected chi connectivity index (χ1v) is 8.11. The van der Waals surface area contributed by atoms with Gasteiger partial charge in [0.1, 0.15) is 0 Å². The number of aromatic nitrogens is 3. The number of ether oxygens (including phenoxy) is 2. The molecule has 0 spiro atoms. The van der Waals surface area contributed by atoms with Crippen molar-refractivity contribution in [1.82, 2.24) is 15.0 Å². The third kappa shape index (κ3) is 3.48. The Labute approximate surface area is 135 Å². The maximum Gasteiger partial charge on any atom is 0.222 e. The Balaban J connectivity index is 1.52. The van der Waals surface area contributed by atoms with E-state index in [1.165, 1.54) is 12.8 Å². The quantitative estimate of drug-likeness (QED) is 0.913. The number of nitrogens with zero attached hydrogens (tertiary/aromatic N) is 3. The normalized spacial score (nSPS) is 21.1. The molecule has 0 radical (unpaired) electrons. The Hall–Kier alpha value is -2.05. The molecule has 6 heteroatoms. The van der Waals surface area contributed by atoms with E-state index in [1.807, 2.05) is 18.3 Å². The van der Waals surface area contributed by atoms with Crippen molar-refractivity contribution in [2.45, 2.75) is 24.9 Å². The van der Waals surface area contributed by atoms with Crippen molar-refractivity contribution in [3.05, 3.63) is 36.4 Å². The number of nitrogens with one attached hydrogen (secondary N) is 1. The summed E-state index contributed by atoms with van der Waals surface area (Å²) in [6.45, 7) is 2.62. The van der Waals surface area contributed by atoms with Crippen molar-refractivity contribution >= 4 is 5.95 Å². The van der Waals surface area contributed by atoms with Crippen LogP contribution in [-0.4, -0.2) is 47.4 Å². The fourth-order valence-corrected chi connectivity index (χ4v) is 2.76. The van der Waals surface area contributed by atoms with Crippen LogP contribution in [0.2, 0.25) is 0 Å². The summed E-state index contributed by atoms with van der Waals surface area (Å²) in [5.74, 6) is 1.22. The summed E-state index contributed by atoms with van der Waals surface area (Å²) in [6.07, 6.45) is 7.99. The summed E-state index contributed by atoms with van der Waals surface area (Å²) in [7, 11) is 0. The molecule has 1 N–H and O–H groups in total. The molecular formula is C17H20N4O2. The molecule has 2 fully saturated rings. The molecular weight excluding hydrogens is 292 g/mol. The first kappa shape index (κ1) is 14.5. The molecule has 23 heavy (non-hydrogen) atoms. The highest BCUT2D eigenvalue weighted by Gasteiger charge is 2.29. The number of hydrogen-bond acceptors (Lipinski definition) is 6. The predicted molar refractivity (Wildman–Crippen MR) is 86.3 cm³/mol. The van der Waals surface area contributed by atoms with Gasteiger partial charge in [0.2, 0.25) is 5.95 Å². The second kappa shape index (κ2) is 6.60. The molecule has 0 amide bonds. The van der Waals surface area contributed by atoms with E-state index in [2.05, 4.69) is 15.3 Å². The van der Waals surface area contributed by atoms with E-state index in [-0.39, 0.29) is 6.10 Å². The molecule has 1 saturated carbocycles. The fraction of sp³-hybridized carbons (Fsp3) is 0.471. The van der Waals surface area contributed by atoms with Crippen molar-refractivity contribution in [2.75, 3.05) is 31.7 Å². The molecule has 1 aliphatic carbocycles. The van der Waals surface area contributed by atoms with E-state index in [1.54, 1.807) is 12.4 Å². The highest BCUT2D eigenvalue weighted by molar-refractivity contribution is 5.66. The van der Waals surface area contributed by atoms with Gasteiger partial charge in [0, 0.05) is 36.6 Å². The number of hydrogen-bond donors (Lipinski definition) is 1. The standard InChI is InChI=1S/C17H20N4O2/c1-2-13(1)16-15(12-3-5-18-6-4-12)10-20-17(21-16)19-9-14-11-22-7-8-23-14/h3-6,10,13-14H,1-2,7-9,11H2,(H,19,20,21)/t14-/m0/s1. The monoisotopic (exact) mass is 312 g/mol. The number of anilines is 1. The Morgan fingerprint density at radius 3 is 2.78 bits per heavy atom. The first-order chi connectivity index (χ1) is 11.4. The van der Waals surface area contributed by atoms with Gasteiger partial charge in [-0.1, -0.05) is 0 Å². The molecule has 6 nitrogen and oxygen atoms in total. The first-order valence-electron chi connectivity index (χ1n) is 8.11. The van der Waals surface area contributed by atoms with Gasteiger partial charge in [-0.15, -0.1) is 0 Å². The van der Waals surface area contributed by atoms with Gasteiger partial charge in [-0.2, -0.15) is 0 Å². The highest BCUT2D eigenvalue weighted by Crippen LogP contribution is 2.43. The Morgan fingerprint density at radius 2 is 2.04 bits per heavy atom. The fourth-order valence-electron chi connectivity index (χ4n) is 2.76. The van der Waals surface area contributed by atoms with E-state index < -0.39 is 0 Å². The third-order valence-electron chi connectivity index (χ3n) is 4.15. The molecule has 2 aromatic heterocycles. The molecule has 0 unspecified atom stereocenters.